The maximum absolute atomic E-state index is 11.5. The van der Waals surface area contributed by atoms with Crippen LogP contribution in [0, 0.1) is 0 Å². The van der Waals surface area contributed by atoms with E-state index in [1.165, 1.54) is 7.11 Å². The molecule has 0 heterocycles. The van der Waals surface area contributed by atoms with Gasteiger partial charge in [-0.3, -0.25) is 4.79 Å². The number of carbonyl (C=O) groups is 1. The maximum atomic E-state index is 11.5. The monoisotopic (exact) mass is 253 g/mol. The summed E-state index contributed by atoms with van der Waals surface area (Å²) < 4.78 is 15.8. The van der Waals surface area contributed by atoms with Gasteiger partial charge in [0, 0.05) is 18.2 Å². The molecule has 0 saturated heterocycles. The molecule has 2 N–H and O–H groups in total. The average Bonchev–Trinajstić information content (AvgIpc) is 2.37. The van der Waals surface area contributed by atoms with Crippen molar-refractivity contribution in [2.75, 3.05) is 21.3 Å². The zero-order valence-corrected chi connectivity index (χ0v) is 11.2. The van der Waals surface area contributed by atoms with E-state index >= 15 is 0 Å². The zero-order chi connectivity index (χ0) is 13.7. The molecule has 1 aromatic carbocycles. The largest absolute Gasteiger partial charge is 0.493 e. The number of nitrogens with two attached hydrogens (primary N) is 1. The van der Waals surface area contributed by atoms with Crippen LogP contribution in [0.1, 0.15) is 28.4 Å². The number of benzene rings is 1. The van der Waals surface area contributed by atoms with Crippen LogP contribution < -0.4 is 15.2 Å². The van der Waals surface area contributed by atoms with Crippen LogP contribution in [0.4, 0.5) is 0 Å². The van der Waals surface area contributed by atoms with Gasteiger partial charge in [0.05, 0.1) is 20.8 Å². The number of ether oxygens (including phenoxy) is 3. The van der Waals surface area contributed by atoms with Gasteiger partial charge >= 0.3 is 0 Å². The third kappa shape index (κ3) is 2.56. The molecule has 0 unspecified atom stereocenters. The Morgan fingerprint density at radius 2 is 1.83 bits per heavy atom. The molecule has 5 heteroatoms. The summed E-state index contributed by atoms with van der Waals surface area (Å²) in [6.45, 7) is 2.21. The quantitative estimate of drug-likeness (QED) is 0.834. The molecule has 0 saturated carbocycles. The Kier molecular flexibility index (Phi) is 4.97. The number of methoxy groups -OCH3 is 3. The van der Waals surface area contributed by atoms with Gasteiger partial charge in [-0.15, -0.1) is 0 Å². The van der Waals surface area contributed by atoms with Crippen molar-refractivity contribution >= 4 is 5.91 Å². The van der Waals surface area contributed by atoms with Crippen molar-refractivity contribution in [3.63, 3.8) is 0 Å². The second-order valence-electron chi connectivity index (χ2n) is 3.78. The number of hydrogen-bond acceptors (Lipinski definition) is 4. The molecule has 0 aromatic heterocycles. The van der Waals surface area contributed by atoms with E-state index in [9.17, 15) is 4.79 Å². The molecule has 0 fully saturated rings. The standard InChI is InChI=1S/C13H19NO4/c1-5-8-6-9(13(14)15)10(7-16-2)12(18-4)11(8)17-3/h6H,5,7H2,1-4H3,(H2,14,15). The first kappa shape index (κ1) is 14.3. The Morgan fingerprint density at radius 1 is 1.22 bits per heavy atom. The molecule has 1 amide bonds. The fraction of sp³-hybridized carbons (Fsp3) is 0.462. The molecule has 5 nitrogen and oxygen atoms in total. The molecule has 0 aliphatic carbocycles. The Hall–Kier alpha value is -1.75. The molecular weight excluding hydrogens is 234 g/mol. The average molecular weight is 253 g/mol. The van der Waals surface area contributed by atoms with Gasteiger partial charge in [-0.05, 0) is 18.1 Å². The van der Waals surface area contributed by atoms with Gasteiger partial charge < -0.3 is 19.9 Å². The summed E-state index contributed by atoms with van der Waals surface area (Å²) in [6.07, 6.45) is 0.715. The summed E-state index contributed by atoms with van der Waals surface area (Å²) in [7, 11) is 4.64. The first-order chi connectivity index (χ1) is 8.60. The van der Waals surface area contributed by atoms with Crippen LogP contribution in [-0.4, -0.2) is 27.2 Å². The van der Waals surface area contributed by atoms with Crippen LogP contribution in [0.5, 0.6) is 11.5 Å². The van der Waals surface area contributed by atoms with Crippen LogP contribution in [0.2, 0.25) is 0 Å². The van der Waals surface area contributed by atoms with Gasteiger partial charge in [-0.1, -0.05) is 6.92 Å². The molecule has 0 bridgehead atoms. The Balaban J connectivity index is 3.57. The van der Waals surface area contributed by atoms with Gasteiger partial charge in [-0.25, -0.2) is 0 Å². The lowest BCUT2D eigenvalue weighted by Gasteiger charge is -2.18. The lowest BCUT2D eigenvalue weighted by Crippen LogP contribution is -2.16. The second kappa shape index (κ2) is 6.26. The molecule has 18 heavy (non-hydrogen) atoms. The van der Waals surface area contributed by atoms with E-state index in [1.54, 1.807) is 20.3 Å². The first-order valence-electron chi connectivity index (χ1n) is 5.66. The van der Waals surface area contributed by atoms with Crippen LogP contribution in [0.25, 0.3) is 0 Å². The topological polar surface area (TPSA) is 70.8 Å². The number of amides is 1. The number of aryl methyl sites for hydroxylation is 1. The SMILES string of the molecule is CCc1cc(C(N)=O)c(COC)c(OC)c1OC. The molecule has 0 spiro atoms. The predicted molar refractivity (Wildman–Crippen MR) is 68.2 cm³/mol. The summed E-state index contributed by atoms with van der Waals surface area (Å²) in [6, 6.07) is 1.73. The van der Waals surface area contributed by atoms with E-state index in [1.807, 2.05) is 6.92 Å². The van der Waals surface area contributed by atoms with Gasteiger partial charge in [0.25, 0.3) is 0 Å². The Bertz CT molecular complexity index is 443. The fourth-order valence-electron chi connectivity index (χ4n) is 1.94. The van der Waals surface area contributed by atoms with Crippen LogP contribution in [0.3, 0.4) is 0 Å². The number of hydrogen-bond donors (Lipinski definition) is 1. The van der Waals surface area contributed by atoms with E-state index in [4.69, 9.17) is 19.9 Å². The van der Waals surface area contributed by atoms with Crippen molar-refractivity contribution in [2.45, 2.75) is 20.0 Å². The minimum atomic E-state index is -0.502. The highest BCUT2D eigenvalue weighted by Gasteiger charge is 2.21. The predicted octanol–water partition coefficient (Wildman–Crippen LogP) is 1.51. The summed E-state index contributed by atoms with van der Waals surface area (Å²) in [5.41, 5.74) is 7.29. The van der Waals surface area contributed by atoms with Crippen molar-refractivity contribution in [2.24, 2.45) is 5.73 Å². The summed E-state index contributed by atoms with van der Waals surface area (Å²) >= 11 is 0. The van der Waals surface area contributed by atoms with Crippen LogP contribution in [0.15, 0.2) is 6.07 Å². The highest BCUT2D eigenvalue weighted by molar-refractivity contribution is 5.95. The normalized spacial score (nSPS) is 10.2. The van der Waals surface area contributed by atoms with Crippen LogP contribution >= 0.6 is 0 Å². The Labute approximate surface area is 107 Å². The van der Waals surface area contributed by atoms with E-state index < -0.39 is 5.91 Å². The molecule has 100 valence electrons. The zero-order valence-electron chi connectivity index (χ0n) is 11.2. The molecule has 1 rings (SSSR count). The van der Waals surface area contributed by atoms with Crippen molar-refractivity contribution in [1.29, 1.82) is 0 Å². The molecule has 0 radical (unpaired) electrons. The number of rotatable bonds is 6. The van der Waals surface area contributed by atoms with E-state index in [0.29, 0.717) is 29.0 Å². The number of primary amides is 1. The Morgan fingerprint density at radius 3 is 2.22 bits per heavy atom. The maximum Gasteiger partial charge on any atom is 0.249 e. The third-order valence-electron chi connectivity index (χ3n) is 2.76. The fourth-order valence-corrected chi connectivity index (χ4v) is 1.94. The van der Waals surface area contributed by atoms with Gasteiger partial charge in [0.1, 0.15) is 0 Å². The highest BCUT2D eigenvalue weighted by Crippen LogP contribution is 2.37. The van der Waals surface area contributed by atoms with Crippen molar-refractivity contribution < 1.29 is 19.0 Å². The number of carbonyl (C=O) groups excluding carboxylic acids is 1. The summed E-state index contributed by atoms with van der Waals surface area (Å²) in [5.74, 6) is 0.627. The second-order valence-corrected chi connectivity index (χ2v) is 3.78. The molecule has 0 aliphatic rings. The lowest BCUT2D eigenvalue weighted by atomic mass is 9.99. The minimum absolute atomic E-state index is 0.238. The van der Waals surface area contributed by atoms with Gasteiger partial charge in [-0.2, -0.15) is 0 Å². The van der Waals surface area contributed by atoms with E-state index in [-0.39, 0.29) is 6.61 Å². The lowest BCUT2D eigenvalue weighted by molar-refractivity contribution is 0.0994. The van der Waals surface area contributed by atoms with E-state index in [0.717, 1.165) is 5.56 Å². The van der Waals surface area contributed by atoms with Crippen molar-refractivity contribution in [1.82, 2.24) is 0 Å². The smallest absolute Gasteiger partial charge is 0.249 e. The highest BCUT2D eigenvalue weighted by atomic mass is 16.5. The summed E-state index contributed by atoms with van der Waals surface area (Å²) in [4.78, 5) is 11.5. The van der Waals surface area contributed by atoms with Crippen molar-refractivity contribution in [3.05, 3.63) is 22.8 Å². The molecule has 0 atom stereocenters. The van der Waals surface area contributed by atoms with Gasteiger partial charge in [0.2, 0.25) is 5.91 Å². The minimum Gasteiger partial charge on any atom is -0.493 e. The molecular formula is C13H19NO4. The molecule has 1 aromatic rings. The first-order valence-corrected chi connectivity index (χ1v) is 5.66. The van der Waals surface area contributed by atoms with E-state index in [2.05, 4.69) is 0 Å². The van der Waals surface area contributed by atoms with Gasteiger partial charge in [0.15, 0.2) is 11.5 Å². The third-order valence-corrected chi connectivity index (χ3v) is 2.76. The summed E-state index contributed by atoms with van der Waals surface area (Å²) in [5, 5.41) is 0. The molecule has 0 aliphatic heterocycles. The van der Waals surface area contributed by atoms with Crippen LogP contribution in [-0.2, 0) is 17.8 Å². The van der Waals surface area contributed by atoms with Crippen molar-refractivity contribution in [3.8, 4) is 11.5 Å².